The van der Waals surface area contributed by atoms with Crippen molar-refractivity contribution < 1.29 is 14.3 Å². The summed E-state index contributed by atoms with van der Waals surface area (Å²) in [5.74, 6) is 0.0769. The van der Waals surface area contributed by atoms with Crippen molar-refractivity contribution in [2.45, 2.75) is 20.8 Å². The van der Waals surface area contributed by atoms with Crippen LogP contribution in [0.25, 0.3) is 22.6 Å². The topological polar surface area (TPSA) is 87.4 Å². The Balaban J connectivity index is 1.56. The fourth-order valence-corrected chi connectivity index (χ4v) is 3.43. The van der Waals surface area contributed by atoms with Gasteiger partial charge < -0.3 is 14.8 Å². The fraction of sp³-hybridized carbons (Fsp3) is 0.125. The summed E-state index contributed by atoms with van der Waals surface area (Å²) in [4.78, 5) is 17.0. The zero-order valence-corrected chi connectivity index (χ0v) is 18.1. The highest BCUT2D eigenvalue weighted by Gasteiger charge is 2.16. The molecule has 0 bridgehead atoms. The highest BCUT2D eigenvalue weighted by Crippen LogP contribution is 2.36. The van der Waals surface area contributed by atoms with Crippen LogP contribution < -0.4 is 10.6 Å². The molecule has 7 heteroatoms. The molecule has 0 aliphatic rings. The van der Waals surface area contributed by atoms with E-state index in [4.69, 9.17) is 16.6 Å². The maximum atomic E-state index is 12.5. The maximum absolute atomic E-state index is 12.5. The number of para-hydroxylation sites is 2. The number of thiocarbonyl (C=S) groups is 1. The average molecular weight is 432 g/mol. The highest BCUT2D eigenvalue weighted by molar-refractivity contribution is 7.80. The molecule has 0 spiro atoms. The molecule has 4 aromatic rings. The Morgan fingerprint density at radius 2 is 1.77 bits per heavy atom. The van der Waals surface area contributed by atoms with E-state index in [-0.39, 0.29) is 16.8 Å². The van der Waals surface area contributed by atoms with Gasteiger partial charge in [0.05, 0.1) is 5.56 Å². The Morgan fingerprint density at radius 1 is 1.00 bits per heavy atom. The van der Waals surface area contributed by atoms with Crippen molar-refractivity contribution in [1.29, 1.82) is 0 Å². The molecular formula is C24H21N3O3S. The van der Waals surface area contributed by atoms with Gasteiger partial charge >= 0.3 is 0 Å². The van der Waals surface area contributed by atoms with Crippen LogP contribution in [0, 0.1) is 20.8 Å². The Bertz CT molecular complexity index is 1290. The van der Waals surface area contributed by atoms with E-state index in [1.807, 2.05) is 50.2 Å². The first-order valence-corrected chi connectivity index (χ1v) is 10.1. The molecule has 1 amide bonds. The number of phenolic OH excluding ortho intramolecular Hbond substituents is 1. The molecule has 0 fully saturated rings. The van der Waals surface area contributed by atoms with Crippen LogP contribution in [-0.4, -0.2) is 21.1 Å². The van der Waals surface area contributed by atoms with Gasteiger partial charge in [0, 0.05) is 11.3 Å². The zero-order chi connectivity index (χ0) is 22.1. The van der Waals surface area contributed by atoms with Gasteiger partial charge in [-0.2, -0.15) is 0 Å². The molecule has 6 nitrogen and oxygen atoms in total. The lowest BCUT2D eigenvalue weighted by Crippen LogP contribution is -2.34. The number of hydrogen-bond donors (Lipinski definition) is 3. The lowest BCUT2D eigenvalue weighted by Gasteiger charge is -2.13. The van der Waals surface area contributed by atoms with Crippen LogP contribution in [0.1, 0.15) is 27.0 Å². The van der Waals surface area contributed by atoms with Gasteiger partial charge in [-0.15, -0.1) is 0 Å². The lowest BCUT2D eigenvalue weighted by atomic mass is 10.1. The minimum Gasteiger partial charge on any atom is -0.507 e. The summed E-state index contributed by atoms with van der Waals surface area (Å²) in [5.41, 5.74) is 5.65. The standard InChI is InChI=1S/C24H21N3O3S/c1-13-8-9-16(10-14(13)2)22(29)27-24(31)25-17-11-15(3)21(28)18(12-17)23-26-19-6-4-5-7-20(19)30-23/h4-12,28H,1-3H3,(H2,25,27,29,31). The molecule has 0 saturated heterocycles. The molecule has 0 unspecified atom stereocenters. The number of nitrogens with zero attached hydrogens (tertiary/aromatic N) is 1. The van der Waals surface area contributed by atoms with Crippen LogP contribution in [0.15, 0.2) is 59.0 Å². The number of carbonyl (C=O) groups is 1. The van der Waals surface area contributed by atoms with E-state index in [9.17, 15) is 9.90 Å². The monoisotopic (exact) mass is 431 g/mol. The van der Waals surface area contributed by atoms with Gasteiger partial charge in [-0.3, -0.25) is 10.1 Å². The summed E-state index contributed by atoms with van der Waals surface area (Å²) in [6.45, 7) is 5.71. The van der Waals surface area contributed by atoms with E-state index in [2.05, 4.69) is 15.6 Å². The van der Waals surface area contributed by atoms with Crippen molar-refractivity contribution in [2.75, 3.05) is 5.32 Å². The van der Waals surface area contributed by atoms with Crippen LogP contribution >= 0.6 is 12.2 Å². The number of rotatable bonds is 3. The third-order valence-corrected chi connectivity index (χ3v) is 5.28. The number of fused-ring (bicyclic) bond motifs is 1. The molecule has 156 valence electrons. The Kier molecular flexibility index (Phi) is 5.44. The first-order valence-electron chi connectivity index (χ1n) is 9.71. The van der Waals surface area contributed by atoms with E-state index in [0.29, 0.717) is 39.4 Å². The van der Waals surface area contributed by atoms with Gasteiger partial charge in [0.15, 0.2) is 10.7 Å². The Hall–Kier alpha value is -3.71. The second kappa shape index (κ2) is 8.20. The second-order valence-corrected chi connectivity index (χ2v) is 7.79. The highest BCUT2D eigenvalue weighted by atomic mass is 32.1. The van der Waals surface area contributed by atoms with Crippen molar-refractivity contribution in [3.8, 4) is 17.2 Å². The van der Waals surface area contributed by atoms with Gasteiger partial charge in [-0.1, -0.05) is 18.2 Å². The molecule has 31 heavy (non-hydrogen) atoms. The average Bonchev–Trinajstić information content (AvgIpc) is 3.16. The second-order valence-electron chi connectivity index (χ2n) is 7.38. The van der Waals surface area contributed by atoms with Crippen molar-refractivity contribution in [2.24, 2.45) is 0 Å². The van der Waals surface area contributed by atoms with Gasteiger partial charge in [0.2, 0.25) is 5.89 Å². The number of oxazole rings is 1. The summed E-state index contributed by atoms with van der Waals surface area (Å²) < 4.78 is 5.79. The normalized spacial score (nSPS) is 10.8. The minimum absolute atomic E-state index is 0.0715. The molecule has 3 N–H and O–H groups in total. The molecule has 0 saturated carbocycles. The number of anilines is 1. The number of hydrogen-bond acceptors (Lipinski definition) is 5. The molecule has 0 atom stereocenters. The lowest BCUT2D eigenvalue weighted by molar-refractivity contribution is 0.0977. The number of amides is 1. The number of carbonyl (C=O) groups excluding carboxylic acids is 1. The third kappa shape index (κ3) is 4.27. The SMILES string of the molecule is Cc1ccc(C(=O)NC(=S)Nc2cc(C)c(O)c(-c3nc4ccccc4o3)c2)cc1C. The molecule has 4 rings (SSSR count). The van der Waals surface area contributed by atoms with Gasteiger partial charge in [-0.05, 0) is 86.1 Å². The van der Waals surface area contributed by atoms with E-state index < -0.39 is 0 Å². The number of aromatic nitrogens is 1. The number of phenols is 1. The zero-order valence-electron chi connectivity index (χ0n) is 17.3. The quantitative estimate of drug-likeness (QED) is 0.303. The smallest absolute Gasteiger partial charge is 0.257 e. The van der Waals surface area contributed by atoms with Crippen LogP contribution in [0.2, 0.25) is 0 Å². The molecule has 1 aromatic heterocycles. The predicted octanol–water partition coefficient (Wildman–Crippen LogP) is 5.25. The van der Waals surface area contributed by atoms with E-state index in [1.54, 1.807) is 25.1 Å². The van der Waals surface area contributed by atoms with Gasteiger partial charge in [0.1, 0.15) is 11.3 Å². The Morgan fingerprint density at radius 3 is 2.52 bits per heavy atom. The fourth-order valence-electron chi connectivity index (χ4n) is 3.22. The molecule has 3 aromatic carbocycles. The number of aromatic hydroxyl groups is 1. The van der Waals surface area contributed by atoms with Crippen molar-refractivity contribution in [3.63, 3.8) is 0 Å². The minimum atomic E-state index is -0.296. The van der Waals surface area contributed by atoms with Crippen molar-refractivity contribution in [3.05, 3.63) is 76.9 Å². The first kappa shape index (κ1) is 20.6. The van der Waals surface area contributed by atoms with E-state index >= 15 is 0 Å². The molecule has 0 aliphatic carbocycles. The number of nitrogens with one attached hydrogen (secondary N) is 2. The summed E-state index contributed by atoms with van der Waals surface area (Å²) in [7, 11) is 0. The molecule has 0 radical (unpaired) electrons. The number of aryl methyl sites for hydroxylation is 3. The predicted molar refractivity (Wildman–Crippen MR) is 125 cm³/mol. The largest absolute Gasteiger partial charge is 0.507 e. The summed E-state index contributed by atoms with van der Waals surface area (Å²) in [5, 5.41) is 16.4. The van der Waals surface area contributed by atoms with E-state index in [0.717, 1.165) is 11.1 Å². The Labute approximate surface area is 184 Å². The van der Waals surface area contributed by atoms with Gasteiger partial charge in [-0.25, -0.2) is 4.98 Å². The summed E-state index contributed by atoms with van der Waals surface area (Å²) in [6, 6.07) is 16.3. The van der Waals surface area contributed by atoms with E-state index in [1.165, 1.54) is 0 Å². The van der Waals surface area contributed by atoms with Crippen LogP contribution in [0.5, 0.6) is 5.75 Å². The van der Waals surface area contributed by atoms with Gasteiger partial charge in [0.25, 0.3) is 5.91 Å². The van der Waals surface area contributed by atoms with Crippen LogP contribution in [0.3, 0.4) is 0 Å². The summed E-state index contributed by atoms with van der Waals surface area (Å²) in [6.07, 6.45) is 0. The number of benzene rings is 3. The van der Waals surface area contributed by atoms with Crippen molar-refractivity contribution >= 4 is 40.0 Å². The first-order chi connectivity index (χ1) is 14.8. The molecule has 1 heterocycles. The molecular weight excluding hydrogens is 410 g/mol. The summed E-state index contributed by atoms with van der Waals surface area (Å²) >= 11 is 5.31. The third-order valence-electron chi connectivity index (χ3n) is 5.08. The van der Waals surface area contributed by atoms with Crippen LogP contribution in [0.4, 0.5) is 5.69 Å². The molecule has 0 aliphatic heterocycles. The van der Waals surface area contributed by atoms with Crippen LogP contribution in [-0.2, 0) is 0 Å². The van der Waals surface area contributed by atoms with Crippen molar-refractivity contribution in [1.82, 2.24) is 10.3 Å². The maximum Gasteiger partial charge on any atom is 0.257 e.